The molecule has 2 heterocycles. The lowest BCUT2D eigenvalue weighted by Crippen LogP contribution is -2.52. The quantitative estimate of drug-likeness (QED) is 0.701. The summed E-state index contributed by atoms with van der Waals surface area (Å²) in [5.74, 6) is 0.540. The molecule has 1 unspecified atom stereocenters. The predicted molar refractivity (Wildman–Crippen MR) is 59.2 cm³/mol. The number of H-pyrrole nitrogens is 1. The molecular formula is C10H16N4O. The summed E-state index contributed by atoms with van der Waals surface area (Å²) >= 11 is 0. The molecule has 0 amide bonds. The van der Waals surface area contributed by atoms with Gasteiger partial charge in [0.1, 0.15) is 0 Å². The first-order chi connectivity index (χ1) is 7.18. The Morgan fingerprint density at radius 1 is 1.53 bits per heavy atom. The van der Waals surface area contributed by atoms with Crippen LogP contribution in [0.1, 0.15) is 6.92 Å². The standard InChI is InChI=1S/C10H16N4O/c1-8-7-13(2)5-6-14(8)9-10(15)12-4-3-11-9/h3-4,8H,5-7H2,1-2H3,(H,12,15). The zero-order valence-electron chi connectivity index (χ0n) is 9.10. The average molecular weight is 208 g/mol. The first kappa shape index (κ1) is 10.2. The molecule has 1 atom stereocenters. The van der Waals surface area contributed by atoms with E-state index in [1.807, 2.05) is 0 Å². The molecule has 1 saturated heterocycles. The third-order valence-electron chi connectivity index (χ3n) is 2.79. The first-order valence-corrected chi connectivity index (χ1v) is 5.17. The second-order valence-corrected chi connectivity index (χ2v) is 4.05. The smallest absolute Gasteiger partial charge is 0.290 e. The molecule has 2 rings (SSSR count). The fourth-order valence-electron chi connectivity index (χ4n) is 2.00. The number of aromatic amines is 1. The average Bonchev–Trinajstić information content (AvgIpc) is 2.20. The van der Waals surface area contributed by atoms with Crippen LogP contribution in [-0.2, 0) is 0 Å². The summed E-state index contributed by atoms with van der Waals surface area (Å²) in [4.78, 5) is 22.7. The fourth-order valence-corrected chi connectivity index (χ4v) is 2.00. The first-order valence-electron chi connectivity index (χ1n) is 5.17. The highest BCUT2D eigenvalue weighted by Gasteiger charge is 2.24. The lowest BCUT2D eigenvalue weighted by atomic mass is 10.2. The Bertz CT molecular complexity index is 389. The molecule has 0 aliphatic carbocycles. The van der Waals surface area contributed by atoms with Crippen molar-refractivity contribution in [2.75, 3.05) is 31.6 Å². The number of anilines is 1. The van der Waals surface area contributed by atoms with Crippen molar-refractivity contribution in [3.05, 3.63) is 22.7 Å². The highest BCUT2D eigenvalue weighted by Crippen LogP contribution is 2.12. The molecule has 1 aromatic heterocycles. The molecule has 1 fully saturated rings. The van der Waals surface area contributed by atoms with Gasteiger partial charge in [0, 0.05) is 38.1 Å². The van der Waals surface area contributed by atoms with Gasteiger partial charge in [0.2, 0.25) is 0 Å². The van der Waals surface area contributed by atoms with Gasteiger partial charge in [0.05, 0.1) is 0 Å². The van der Waals surface area contributed by atoms with Crippen LogP contribution in [0.5, 0.6) is 0 Å². The minimum absolute atomic E-state index is 0.103. The van der Waals surface area contributed by atoms with Crippen LogP contribution in [0.15, 0.2) is 17.2 Å². The number of likely N-dealkylation sites (N-methyl/N-ethyl adjacent to an activating group) is 1. The van der Waals surface area contributed by atoms with E-state index < -0.39 is 0 Å². The summed E-state index contributed by atoms with van der Waals surface area (Å²) in [5, 5.41) is 0. The Morgan fingerprint density at radius 3 is 3.00 bits per heavy atom. The Labute approximate surface area is 88.7 Å². The van der Waals surface area contributed by atoms with Crippen LogP contribution in [0.4, 0.5) is 5.82 Å². The summed E-state index contributed by atoms with van der Waals surface area (Å²) in [6, 6.07) is 0.333. The molecular weight excluding hydrogens is 192 g/mol. The Kier molecular flexibility index (Phi) is 2.73. The molecule has 82 valence electrons. The van der Waals surface area contributed by atoms with Crippen LogP contribution in [0, 0.1) is 0 Å². The van der Waals surface area contributed by atoms with Crippen molar-refractivity contribution >= 4 is 5.82 Å². The summed E-state index contributed by atoms with van der Waals surface area (Å²) in [6.45, 7) is 4.91. The molecule has 0 aromatic carbocycles. The molecule has 15 heavy (non-hydrogen) atoms. The number of nitrogens with zero attached hydrogens (tertiary/aromatic N) is 3. The van der Waals surface area contributed by atoms with Crippen LogP contribution in [-0.4, -0.2) is 47.6 Å². The number of nitrogens with one attached hydrogen (secondary N) is 1. The second-order valence-electron chi connectivity index (χ2n) is 4.05. The molecule has 5 nitrogen and oxygen atoms in total. The van der Waals surface area contributed by atoms with Gasteiger partial charge in [-0.15, -0.1) is 0 Å². The number of hydrogen-bond donors (Lipinski definition) is 1. The van der Waals surface area contributed by atoms with E-state index in [-0.39, 0.29) is 5.56 Å². The van der Waals surface area contributed by atoms with Crippen LogP contribution in [0.3, 0.4) is 0 Å². The summed E-state index contributed by atoms with van der Waals surface area (Å²) < 4.78 is 0. The van der Waals surface area contributed by atoms with Crippen molar-refractivity contribution < 1.29 is 0 Å². The van der Waals surface area contributed by atoms with Gasteiger partial charge in [0.15, 0.2) is 5.82 Å². The van der Waals surface area contributed by atoms with Crippen molar-refractivity contribution in [3.63, 3.8) is 0 Å². The SMILES string of the molecule is CC1CN(C)CCN1c1ncc[nH]c1=O. The number of hydrogen-bond acceptors (Lipinski definition) is 4. The van der Waals surface area contributed by atoms with E-state index >= 15 is 0 Å². The Morgan fingerprint density at radius 2 is 2.33 bits per heavy atom. The molecule has 0 bridgehead atoms. The van der Waals surface area contributed by atoms with Crippen molar-refractivity contribution in [1.82, 2.24) is 14.9 Å². The van der Waals surface area contributed by atoms with E-state index in [9.17, 15) is 4.79 Å². The molecule has 0 spiro atoms. The summed E-state index contributed by atoms with van der Waals surface area (Å²) in [6.07, 6.45) is 3.19. The third-order valence-corrected chi connectivity index (χ3v) is 2.79. The van der Waals surface area contributed by atoms with Crippen molar-refractivity contribution in [3.8, 4) is 0 Å². The van der Waals surface area contributed by atoms with Crippen molar-refractivity contribution in [2.24, 2.45) is 0 Å². The normalized spacial score (nSPS) is 23.1. The van der Waals surface area contributed by atoms with E-state index in [0.29, 0.717) is 11.9 Å². The van der Waals surface area contributed by atoms with E-state index in [0.717, 1.165) is 19.6 Å². The van der Waals surface area contributed by atoms with Gasteiger partial charge in [0.25, 0.3) is 5.56 Å². The van der Waals surface area contributed by atoms with Crippen LogP contribution in [0.25, 0.3) is 0 Å². The van der Waals surface area contributed by atoms with Gasteiger partial charge in [-0.3, -0.25) is 4.79 Å². The Balaban J connectivity index is 2.24. The third kappa shape index (κ3) is 2.02. The minimum atomic E-state index is -0.103. The molecule has 1 aliphatic rings. The van der Waals surface area contributed by atoms with E-state index in [2.05, 4.69) is 33.7 Å². The lowest BCUT2D eigenvalue weighted by molar-refractivity contribution is 0.274. The number of rotatable bonds is 1. The maximum atomic E-state index is 11.6. The monoisotopic (exact) mass is 208 g/mol. The highest BCUT2D eigenvalue weighted by atomic mass is 16.1. The van der Waals surface area contributed by atoms with Gasteiger partial charge in [-0.05, 0) is 14.0 Å². The molecule has 0 radical (unpaired) electrons. The highest BCUT2D eigenvalue weighted by molar-refractivity contribution is 5.37. The van der Waals surface area contributed by atoms with Crippen LogP contribution in [0.2, 0.25) is 0 Å². The van der Waals surface area contributed by atoms with Crippen molar-refractivity contribution in [2.45, 2.75) is 13.0 Å². The van der Waals surface area contributed by atoms with Gasteiger partial charge < -0.3 is 14.8 Å². The molecule has 5 heteroatoms. The summed E-state index contributed by atoms with van der Waals surface area (Å²) in [5.41, 5.74) is -0.103. The summed E-state index contributed by atoms with van der Waals surface area (Å²) in [7, 11) is 2.09. The van der Waals surface area contributed by atoms with Gasteiger partial charge >= 0.3 is 0 Å². The number of aromatic nitrogens is 2. The Hall–Kier alpha value is -1.36. The maximum Gasteiger partial charge on any atom is 0.290 e. The second kappa shape index (κ2) is 4.02. The maximum absolute atomic E-state index is 11.6. The van der Waals surface area contributed by atoms with Crippen LogP contribution < -0.4 is 10.5 Å². The minimum Gasteiger partial charge on any atom is -0.347 e. The molecule has 1 N–H and O–H groups in total. The van der Waals surface area contributed by atoms with Gasteiger partial charge in [-0.1, -0.05) is 0 Å². The largest absolute Gasteiger partial charge is 0.347 e. The lowest BCUT2D eigenvalue weighted by Gasteiger charge is -2.38. The van der Waals surface area contributed by atoms with Gasteiger partial charge in [-0.2, -0.15) is 0 Å². The zero-order chi connectivity index (χ0) is 10.8. The van der Waals surface area contributed by atoms with Gasteiger partial charge in [-0.25, -0.2) is 4.98 Å². The van der Waals surface area contributed by atoms with E-state index in [4.69, 9.17) is 0 Å². The molecule has 1 aliphatic heterocycles. The molecule has 1 aromatic rings. The topological polar surface area (TPSA) is 52.2 Å². The zero-order valence-corrected chi connectivity index (χ0v) is 9.10. The number of piperazine rings is 1. The predicted octanol–water partition coefficient (Wildman–Crippen LogP) is -0.0898. The van der Waals surface area contributed by atoms with Crippen LogP contribution >= 0.6 is 0 Å². The van der Waals surface area contributed by atoms with Crippen molar-refractivity contribution in [1.29, 1.82) is 0 Å². The van der Waals surface area contributed by atoms with E-state index in [1.54, 1.807) is 12.4 Å². The fraction of sp³-hybridized carbons (Fsp3) is 0.600. The molecule has 0 saturated carbocycles. The van der Waals surface area contributed by atoms with E-state index in [1.165, 1.54) is 0 Å².